The molecule has 2 aliphatic rings. The van der Waals surface area contributed by atoms with Crippen molar-refractivity contribution < 1.29 is 9.47 Å². The van der Waals surface area contributed by atoms with Gasteiger partial charge in [-0.25, -0.2) is 9.67 Å². The van der Waals surface area contributed by atoms with Crippen molar-refractivity contribution in [2.24, 2.45) is 0 Å². The highest BCUT2D eigenvalue weighted by atomic mass is 32.2. The molecule has 1 aliphatic carbocycles. The van der Waals surface area contributed by atoms with Crippen LogP contribution < -0.4 is 0 Å². The molecular formula is C18H23N3O2S. The molecule has 0 bridgehead atoms. The molecule has 1 aromatic carbocycles. The summed E-state index contributed by atoms with van der Waals surface area (Å²) in [5.74, 6) is 2.89. The molecule has 0 N–H and O–H groups in total. The van der Waals surface area contributed by atoms with Crippen molar-refractivity contribution in [3.05, 3.63) is 47.0 Å². The van der Waals surface area contributed by atoms with E-state index in [1.807, 2.05) is 11.8 Å². The van der Waals surface area contributed by atoms with Gasteiger partial charge < -0.3 is 9.47 Å². The van der Waals surface area contributed by atoms with Crippen LogP contribution >= 0.6 is 11.8 Å². The van der Waals surface area contributed by atoms with Gasteiger partial charge in [-0.3, -0.25) is 0 Å². The van der Waals surface area contributed by atoms with Crippen LogP contribution in [0.1, 0.15) is 34.9 Å². The molecule has 1 aromatic heterocycles. The van der Waals surface area contributed by atoms with E-state index in [4.69, 9.17) is 19.6 Å². The Hall–Kier alpha value is -1.37. The first-order chi connectivity index (χ1) is 11.8. The molecule has 1 atom stereocenters. The molecule has 24 heavy (non-hydrogen) atoms. The van der Waals surface area contributed by atoms with Crippen molar-refractivity contribution in [3.63, 3.8) is 0 Å². The van der Waals surface area contributed by atoms with Crippen LogP contribution in [0.15, 0.2) is 24.3 Å². The standard InChI is InChI=1S/C18H23N3O2S/c1-24-9-6-17-19-18(16-12-22-7-8-23-16)21(20-17)15-10-13-4-2-3-5-14(13)11-15/h2-5,15-16H,6-12H2,1H3/t16-/m0/s1. The molecule has 2 heterocycles. The second kappa shape index (κ2) is 7.25. The molecule has 0 unspecified atom stereocenters. The quantitative estimate of drug-likeness (QED) is 0.834. The minimum absolute atomic E-state index is 0.0991. The number of aromatic nitrogens is 3. The van der Waals surface area contributed by atoms with Crippen molar-refractivity contribution in [2.75, 3.05) is 31.8 Å². The van der Waals surface area contributed by atoms with Gasteiger partial charge in [0.15, 0.2) is 11.6 Å². The number of fused-ring (bicyclic) bond motifs is 1. The number of aryl methyl sites for hydroxylation is 1. The molecule has 1 saturated heterocycles. The molecule has 1 fully saturated rings. The maximum Gasteiger partial charge on any atom is 0.159 e. The first-order valence-corrected chi connectivity index (χ1v) is 9.95. The van der Waals surface area contributed by atoms with Crippen LogP contribution in [0.4, 0.5) is 0 Å². The zero-order valence-electron chi connectivity index (χ0n) is 14.0. The van der Waals surface area contributed by atoms with Gasteiger partial charge in [0.25, 0.3) is 0 Å². The van der Waals surface area contributed by atoms with E-state index in [0.717, 1.165) is 36.7 Å². The number of hydrogen-bond acceptors (Lipinski definition) is 5. The summed E-state index contributed by atoms with van der Waals surface area (Å²) < 4.78 is 13.6. The van der Waals surface area contributed by atoms with Gasteiger partial charge in [0, 0.05) is 12.2 Å². The first kappa shape index (κ1) is 16.1. The third kappa shape index (κ3) is 3.23. The van der Waals surface area contributed by atoms with E-state index in [2.05, 4.69) is 35.2 Å². The number of nitrogens with zero attached hydrogens (tertiary/aromatic N) is 3. The predicted octanol–water partition coefficient (Wildman–Crippen LogP) is 2.61. The molecule has 1 aliphatic heterocycles. The van der Waals surface area contributed by atoms with Gasteiger partial charge in [0.1, 0.15) is 6.10 Å². The van der Waals surface area contributed by atoms with Gasteiger partial charge in [-0.1, -0.05) is 24.3 Å². The largest absolute Gasteiger partial charge is 0.376 e. The van der Waals surface area contributed by atoms with Crippen molar-refractivity contribution in [3.8, 4) is 0 Å². The fraction of sp³-hybridized carbons (Fsp3) is 0.556. The topological polar surface area (TPSA) is 49.2 Å². The average Bonchev–Trinajstić information content (AvgIpc) is 3.24. The SMILES string of the molecule is CSCCc1nc([C@@H]2COCCO2)n(C2Cc3ccccc3C2)n1. The Morgan fingerprint density at radius 3 is 2.67 bits per heavy atom. The Labute approximate surface area is 146 Å². The minimum atomic E-state index is -0.0991. The van der Waals surface area contributed by atoms with Gasteiger partial charge in [0.2, 0.25) is 0 Å². The number of rotatable bonds is 5. The van der Waals surface area contributed by atoms with Crippen LogP contribution in [0.5, 0.6) is 0 Å². The minimum Gasteiger partial charge on any atom is -0.376 e. The highest BCUT2D eigenvalue weighted by Crippen LogP contribution is 2.32. The molecule has 0 amide bonds. The van der Waals surface area contributed by atoms with Gasteiger partial charge in [0.05, 0.1) is 25.9 Å². The summed E-state index contributed by atoms with van der Waals surface area (Å²) in [5, 5.41) is 4.84. The second-order valence-electron chi connectivity index (χ2n) is 6.34. The van der Waals surface area contributed by atoms with Crippen LogP contribution in [0.3, 0.4) is 0 Å². The Kier molecular flexibility index (Phi) is 4.87. The van der Waals surface area contributed by atoms with E-state index < -0.39 is 0 Å². The zero-order valence-corrected chi connectivity index (χ0v) is 14.8. The van der Waals surface area contributed by atoms with Crippen molar-refractivity contribution >= 4 is 11.8 Å². The van der Waals surface area contributed by atoms with Crippen LogP contribution in [0.2, 0.25) is 0 Å². The van der Waals surface area contributed by atoms with E-state index in [-0.39, 0.29) is 6.10 Å². The molecule has 0 spiro atoms. The zero-order chi connectivity index (χ0) is 16.4. The lowest BCUT2D eigenvalue weighted by Crippen LogP contribution is -2.26. The summed E-state index contributed by atoms with van der Waals surface area (Å²) in [6.45, 7) is 1.86. The lowest BCUT2D eigenvalue weighted by atomic mass is 10.1. The van der Waals surface area contributed by atoms with E-state index >= 15 is 0 Å². The maximum absolute atomic E-state index is 5.91. The van der Waals surface area contributed by atoms with E-state index in [1.165, 1.54) is 11.1 Å². The second-order valence-corrected chi connectivity index (χ2v) is 7.32. The van der Waals surface area contributed by atoms with Gasteiger partial charge >= 0.3 is 0 Å². The lowest BCUT2D eigenvalue weighted by Gasteiger charge is -2.24. The number of thioether (sulfide) groups is 1. The van der Waals surface area contributed by atoms with Crippen molar-refractivity contribution in [1.82, 2.24) is 14.8 Å². The van der Waals surface area contributed by atoms with Crippen molar-refractivity contribution in [1.29, 1.82) is 0 Å². The molecule has 2 aromatic rings. The molecule has 4 rings (SSSR count). The molecular weight excluding hydrogens is 322 g/mol. The van der Waals surface area contributed by atoms with E-state index in [0.29, 0.717) is 25.9 Å². The summed E-state index contributed by atoms with van der Waals surface area (Å²) >= 11 is 1.82. The average molecular weight is 345 g/mol. The molecule has 6 heteroatoms. The third-order valence-corrected chi connectivity index (χ3v) is 5.32. The first-order valence-electron chi connectivity index (χ1n) is 8.55. The van der Waals surface area contributed by atoms with Crippen molar-refractivity contribution in [2.45, 2.75) is 31.4 Å². The maximum atomic E-state index is 5.91. The van der Waals surface area contributed by atoms with Crippen LogP contribution in [-0.4, -0.2) is 46.6 Å². The van der Waals surface area contributed by atoms with Crippen LogP contribution in [-0.2, 0) is 28.7 Å². The number of hydrogen-bond donors (Lipinski definition) is 0. The molecule has 0 saturated carbocycles. The Balaban J connectivity index is 1.62. The number of ether oxygens (including phenoxy) is 2. The Bertz CT molecular complexity index is 672. The monoisotopic (exact) mass is 345 g/mol. The summed E-state index contributed by atoms with van der Waals surface area (Å²) in [7, 11) is 0. The van der Waals surface area contributed by atoms with Gasteiger partial charge in [-0.05, 0) is 30.2 Å². The normalized spacial score (nSPS) is 21.1. The fourth-order valence-corrected chi connectivity index (χ4v) is 3.90. The van der Waals surface area contributed by atoms with Crippen LogP contribution in [0.25, 0.3) is 0 Å². The summed E-state index contributed by atoms with van der Waals surface area (Å²) in [6.07, 6.45) is 4.94. The highest BCUT2D eigenvalue weighted by molar-refractivity contribution is 7.98. The third-order valence-electron chi connectivity index (χ3n) is 4.71. The van der Waals surface area contributed by atoms with Crippen LogP contribution in [0, 0.1) is 0 Å². The molecule has 5 nitrogen and oxygen atoms in total. The fourth-order valence-electron chi connectivity index (χ4n) is 3.51. The molecule has 0 radical (unpaired) electrons. The Morgan fingerprint density at radius 1 is 1.21 bits per heavy atom. The molecule has 128 valence electrons. The Morgan fingerprint density at radius 2 is 2.00 bits per heavy atom. The summed E-state index contributed by atoms with van der Waals surface area (Å²) in [4.78, 5) is 4.81. The lowest BCUT2D eigenvalue weighted by molar-refractivity contribution is -0.0954. The summed E-state index contributed by atoms with van der Waals surface area (Å²) in [5.41, 5.74) is 2.85. The number of benzene rings is 1. The van der Waals surface area contributed by atoms with E-state index in [9.17, 15) is 0 Å². The smallest absolute Gasteiger partial charge is 0.159 e. The van der Waals surface area contributed by atoms with Gasteiger partial charge in [-0.15, -0.1) is 0 Å². The van der Waals surface area contributed by atoms with E-state index in [1.54, 1.807) is 0 Å². The summed E-state index contributed by atoms with van der Waals surface area (Å²) in [6, 6.07) is 9.01. The predicted molar refractivity (Wildman–Crippen MR) is 94.5 cm³/mol. The highest BCUT2D eigenvalue weighted by Gasteiger charge is 2.30. The van der Waals surface area contributed by atoms with Gasteiger partial charge in [-0.2, -0.15) is 16.9 Å².